The van der Waals surface area contributed by atoms with Gasteiger partial charge < -0.3 is 21.1 Å². The van der Waals surface area contributed by atoms with E-state index in [1.165, 1.54) is 5.56 Å². The Morgan fingerprint density at radius 2 is 1.96 bits per heavy atom. The van der Waals surface area contributed by atoms with Crippen molar-refractivity contribution < 1.29 is 14.3 Å². The van der Waals surface area contributed by atoms with Crippen LogP contribution in [0, 0.1) is 0 Å². The first-order valence-corrected chi connectivity index (χ1v) is 9.82. The van der Waals surface area contributed by atoms with E-state index in [0.29, 0.717) is 17.9 Å². The highest BCUT2D eigenvalue weighted by molar-refractivity contribution is 5.98. The summed E-state index contributed by atoms with van der Waals surface area (Å²) in [5.74, 6) is -0.309. The highest BCUT2D eigenvalue weighted by Crippen LogP contribution is 2.31. The van der Waals surface area contributed by atoms with Crippen molar-refractivity contribution in [2.75, 3.05) is 17.7 Å². The predicted octanol–water partition coefficient (Wildman–Crippen LogP) is 3.19. The predicted molar refractivity (Wildman–Crippen MR) is 108 cm³/mol. The number of amides is 2. The number of carbonyl (C=O) groups is 2. The highest BCUT2D eigenvalue weighted by Gasteiger charge is 2.24. The number of aryl methyl sites for hydroxylation is 1. The Balaban J connectivity index is 1.45. The second-order valence-electron chi connectivity index (χ2n) is 7.45. The normalized spacial score (nSPS) is 21.0. The van der Waals surface area contributed by atoms with Gasteiger partial charge in [0.05, 0.1) is 6.04 Å². The third-order valence-corrected chi connectivity index (χ3v) is 5.40. The first-order chi connectivity index (χ1) is 13.6. The summed E-state index contributed by atoms with van der Waals surface area (Å²) < 4.78 is 5.41. The summed E-state index contributed by atoms with van der Waals surface area (Å²) in [5, 5.41) is 5.98. The van der Waals surface area contributed by atoms with Gasteiger partial charge in [0, 0.05) is 23.5 Å². The van der Waals surface area contributed by atoms with E-state index >= 15 is 0 Å². The fourth-order valence-corrected chi connectivity index (χ4v) is 3.97. The summed E-state index contributed by atoms with van der Waals surface area (Å²) in [6.07, 6.45) is 4.13. The lowest BCUT2D eigenvalue weighted by Crippen LogP contribution is -2.31. The molecule has 1 aliphatic carbocycles. The largest absolute Gasteiger partial charge is 0.399 e. The van der Waals surface area contributed by atoms with Gasteiger partial charge in [0.25, 0.3) is 11.8 Å². The summed E-state index contributed by atoms with van der Waals surface area (Å²) in [4.78, 5) is 25.0. The molecule has 28 heavy (non-hydrogen) atoms. The van der Waals surface area contributed by atoms with Gasteiger partial charge in [0.2, 0.25) is 0 Å². The van der Waals surface area contributed by atoms with Crippen LogP contribution in [0.5, 0.6) is 0 Å². The SMILES string of the molecule is Nc1ccc2c(c1)CCCC2NC(=O)c1cccc(NC(=O)C2CCCO2)c1. The van der Waals surface area contributed by atoms with Crippen LogP contribution >= 0.6 is 0 Å². The maximum atomic E-state index is 12.8. The van der Waals surface area contributed by atoms with E-state index in [9.17, 15) is 9.59 Å². The molecule has 2 aromatic carbocycles. The average Bonchev–Trinajstić information content (AvgIpc) is 3.23. The van der Waals surface area contributed by atoms with Gasteiger partial charge in [-0.2, -0.15) is 0 Å². The number of benzene rings is 2. The Hall–Kier alpha value is -2.86. The number of nitrogens with one attached hydrogen (secondary N) is 2. The van der Waals surface area contributed by atoms with Crippen LogP contribution in [0.25, 0.3) is 0 Å². The molecule has 2 aromatic rings. The van der Waals surface area contributed by atoms with E-state index in [1.54, 1.807) is 24.3 Å². The van der Waals surface area contributed by atoms with Crippen LogP contribution in [0.15, 0.2) is 42.5 Å². The average molecular weight is 379 g/mol. The molecule has 0 spiro atoms. The summed E-state index contributed by atoms with van der Waals surface area (Å²) >= 11 is 0. The molecular weight excluding hydrogens is 354 g/mol. The van der Waals surface area contributed by atoms with Crippen molar-refractivity contribution in [3.8, 4) is 0 Å². The van der Waals surface area contributed by atoms with Crippen LogP contribution < -0.4 is 16.4 Å². The van der Waals surface area contributed by atoms with Crippen LogP contribution in [-0.4, -0.2) is 24.5 Å². The second-order valence-corrected chi connectivity index (χ2v) is 7.45. The minimum atomic E-state index is -0.399. The minimum Gasteiger partial charge on any atom is -0.399 e. The molecule has 1 aliphatic heterocycles. The monoisotopic (exact) mass is 379 g/mol. The van der Waals surface area contributed by atoms with Gasteiger partial charge in [-0.05, 0) is 73.6 Å². The third-order valence-electron chi connectivity index (χ3n) is 5.40. The number of carbonyl (C=O) groups excluding carboxylic acids is 2. The van der Waals surface area contributed by atoms with Crippen LogP contribution in [0.2, 0.25) is 0 Å². The lowest BCUT2D eigenvalue weighted by molar-refractivity contribution is -0.124. The molecule has 0 bridgehead atoms. The zero-order chi connectivity index (χ0) is 19.5. The number of nitrogens with two attached hydrogens (primary N) is 1. The van der Waals surface area contributed by atoms with Crippen LogP contribution in [-0.2, 0) is 16.0 Å². The molecule has 1 fully saturated rings. The molecule has 4 N–H and O–H groups in total. The fraction of sp³-hybridized carbons (Fsp3) is 0.364. The molecule has 2 aliphatic rings. The number of hydrogen-bond donors (Lipinski definition) is 3. The summed E-state index contributed by atoms with van der Waals surface area (Å²) in [6, 6.07) is 12.9. The Bertz CT molecular complexity index is 890. The van der Waals surface area contributed by atoms with Gasteiger partial charge in [-0.3, -0.25) is 9.59 Å². The van der Waals surface area contributed by atoms with Gasteiger partial charge in [0.15, 0.2) is 0 Å². The number of hydrogen-bond acceptors (Lipinski definition) is 4. The number of ether oxygens (including phenoxy) is 1. The topological polar surface area (TPSA) is 93.5 Å². The molecule has 2 amide bonds. The summed E-state index contributed by atoms with van der Waals surface area (Å²) in [6.45, 7) is 0.620. The first-order valence-electron chi connectivity index (χ1n) is 9.82. The molecule has 146 valence electrons. The molecule has 0 saturated carbocycles. The Morgan fingerprint density at radius 3 is 2.79 bits per heavy atom. The van der Waals surface area contributed by atoms with Crippen molar-refractivity contribution in [3.05, 3.63) is 59.2 Å². The van der Waals surface area contributed by atoms with Gasteiger partial charge in [-0.15, -0.1) is 0 Å². The molecule has 6 nitrogen and oxygen atoms in total. The third kappa shape index (κ3) is 4.02. The molecular formula is C22H25N3O3. The van der Waals surface area contributed by atoms with E-state index in [4.69, 9.17) is 10.5 Å². The smallest absolute Gasteiger partial charge is 0.253 e. The van der Waals surface area contributed by atoms with Crippen molar-refractivity contribution in [2.24, 2.45) is 0 Å². The van der Waals surface area contributed by atoms with Gasteiger partial charge >= 0.3 is 0 Å². The van der Waals surface area contributed by atoms with Crippen LogP contribution in [0.1, 0.15) is 53.2 Å². The number of anilines is 2. The van der Waals surface area contributed by atoms with Gasteiger partial charge in [-0.1, -0.05) is 12.1 Å². The Labute approximate surface area is 164 Å². The molecule has 0 radical (unpaired) electrons. The molecule has 2 atom stereocenters. The number of nitrogen functional groups attached to an aromatic ring is 1. The Morgan fingerprint density at radius 1 is 1.07 bits per heavy atom. The van der Waals surface area contributed by atoms with Gasteiger partial charge in [-0.25, -0.2) is 0 Å². The molecule has 4 rings (SSSR count). The van der Waals surface area contributed by atoms with Crippen molar-refractivity contribution in [1.82, 2.24) is 5.32 Å². The molecule has 6 heteroatoms. The Kier molecular flexibility index (Phi) is 5.30. The molecule has 1 saturated heterocycles. The van der Waals surface area contributed by atoms with Crippen molar-refractivity contribution >= 4 is 23.2 Å². The molecule has 1 heterocycles. The lowest BCUT2D eigenvalue weighted by atomic mass is 9.87. The van der Waals surface area contributed by atoms with E-state index in [2.05, 4.69) is 10.6 Å². The zero-order valence-electron chi connectivity index (χ0n) is 15.7. The van der Waals surface area contributed by atoms with E-state index in [-0.39, 0.29) is 17.9 Å². The summed E-state index contributed by atoms with van der Waals surface area (Å²) in [5.41, 5.74) is 10.1. The zero-order valence-corrected chi connectivity index (χ0v) is 15.7. The quantitative estimate of drug-likeness (QED) is 0.711. The fourth-order valence-electron chi connectivity index (χ4n) is 3.97. The highest BCUT2D eigenvalue weighted by atomic mass is 16.5. The maximum absolute atomic E-state index is 12.8. The summed E-state index contributed by atoms with van der Waals surface area (Å²) in [7, 11) is 0. The first kappa shape index (κ1) is 18.5. The lowest BCUT2D eigenvalue weighted by Gasteiger charge is -2.26. The molecule has 0 aromatic heterocycles. The van der Waals surface area contributed by atoms with Crippen molar-refractivity contribution in [3.63, 3.8) is 0 Å². The van der Waals surface area contributed by atoms with Crippen molar-refractivity contribution in [2.45, 2.75) is 44.2 Å². The minimum absolute atomic E-state index is 0.0259. The van der Waals surface area contributed by atoms with Gasteiger partial charge in [0.1, 0.15) is 6.10 Å². The van der Waals surface area contributed by atoms with E-state index in [1.807, 2.05) is 18.2 Å². The van der Waals surface area contributed by atoms with Crippen LogP contribution in [0.3, 0.4) is 0 Å². The maximum Gasteiger partial charge on any atom is 0.253 e. The van der Waals surface area contributed by atoms with Crippen LogP contribution in [0.4, 0.5) is 11.4 Å². The molecule has 2 unspecified atom stereocenters. The standard InChI is InChI=1S/C22H25N3O3/c23-16-9-10-18-14(12-16)4-2-7-19(18)25-21(26)15-5-1-6-17(13-15)24-22(27)20-8-3-11-28-20/h1,5-6,9-10,12-13,19-20H,2-4,7-8,11,23H2,(H,24,27)(H,25,26). The van der Waals surface area contributed by atoms with E-state index < -0.39 is 6.10 Å². The van der Waals surface area contributed by atoms with Crippen molar-refractivity contribution in [1.29, 1.82) is 0 Å². The second kappa shape index (κ2) is 8.02. The number of fused-ring (bicyclic) bond motifs is 1. The number of rotatable bonds is 4. The van der Waals surface area contributed by atoms with E-state index in [0.717, 1.165) is 43.4 Å².